The number of halogens is 3. The molecular formula is C25H13BF3NS. The molecule has 0 bridgehead atoms. The first-order valence-electron chi connectivity index (χ1n) is 10.1. The molecule has 4 aromatic carbocycles. The van der Waals surface area contributed by atoms with Crippen molar-refractivity contribution in [2.24, 2.45) is 0 Å². The van der Waals surface area contributed by atoms with Gasteiger partial charge in [0.25, 0.3) is 0 Å². The van der Waals surface area contributed by atoms with Crippen molar-refractivity contribution in [3.63, 3.8) is 0 Å². The van der Waals surface area contributed by atoms with Gasteiger partial charge in [-0.1, -0.05) is 71.8 Å². The average molecular weight is 427 g/mol. The van der Waals surface area contributed by atoms with Crippen LogP contribution in [0.5, 0.6) is 0 Å². The van der Waals surface area contributed by atoms with E-state index in [0.29, 0.717) is 10.6 Å². The van der Waals surface area contributed by atoms with Crippen LogP contribution >= 0.6 is 11.8 Å². The molecule has 1 aromatic heterocycles. The van der Waals surface area contributed by atoms with Crippen LogP contribution in [0.3, 0.4) is 0 Å². The molecule has 5 aromatic rings. The second kappa shape index (κ2) is 5.77. The minimum atomic E-state index is -4.41. The zero-order chi connectivity index (χ0) is 20.9. The lowest BCUT2D eigenvalue weighted by Gasteiger charge is -2.33. The van der Waals surface area contributed by atoms with Crippen LogP contribution < -0.4 is 16.4 Å². The minimum absolute atomic E-state index is 0.0785. The standard InChI is InChI=1S/C25H13BF3NS/c27-25(28,29)14-12-20-23-22(13-14)31-21-11-4-2-8-17(21)26(23)18-9-5-7-16-15-6-1-3-10-19(15)30(20)24(16)18/h1-13H. The molecule has 0 amide bonds. The van der Waals surface area contributed by atoms with Gasteiger partial charge in [0.15, 0.2) is 0 Å². The molecule has 0 saturated heterocycles. The molecule has 2 aliphatic heterocycles. The van der Waals surface area contributed by atoms with Gasteiger partial charge < -0.3 is 4.57 Å². The Morgan fingerprint density at radius 1 is 0.742 bits per heavy atom. The van der Waals surface area contributed by atoms with Crippen molar-refractivity contribution >= 4 is 56.7 Å². The third kappa shape index (κ3) is 2.21. The summed E-state index contributed by atoms with van der Waals surface area (Å²) in [4.78, 5) is 1.71. The summed E-state index contributed by atoms with van der Waals surface area (Å²) in [7, 11) is 0. The average Bonchev–Trinajstić information content (AvgIpc) is 3.11. The first kappa shape index (κ1) is 17.6. The zero-order valence-electron chi connectivity index (χ0n) is 16.1. The Bertz CT molecular complexity index is 1570. The monoisotopic (exact) mass is 427 g/mol. The van der Waals surface area contributed by atoms with E-state index in [1.54, 1.807) is 0 Å². The number of aromatic nitrogens is 1. The summed E-state index contributed by atoms with van der Waals surface area (Å²) in [6.07, 6.45) is -4.41. The van der Waals surface area contributed by atoms with Crippen molar-refractivity contribution in [2.45, 2.75) is 16.0 Å². The predicted molar refractivity (Wildman–Crippen MR) is 121 cm³/mol. The molecule has 0 fully saturated rings. The van der Waals surface area contributed by atoms with E-state index in [1.165, 1.54) is 23.9 Å². The summed E-state index contributed by atoms with van der Waals surface area (Å²) < 4.78 is 43.7. The predicted octanol–water partition coefficient (Wildman–Crippen LogP) is 5.10. The fraction of sp³-hybridized carbons (Fsp3) is 0.0400. The summed E-state index contributed by atoms with van der Waals surface area (Å²) >= 11 is 1.44. The SMILES string of the molecule is FC(F)(F)c1cc2c3c(c1)-n1c4ccccc4c4cccc(c41)B3c1ccccc1S2. The van der Waals surface area contributed by atoms with Crippen LogP contribution in [0.25, 0.3) is 27.5 Å². The van der Waals surface area contributed by atoms with Crippen LogP contribution in [0.1, 0.15) is 5.56 Å². The highest BCUT2D eigenvalue weighted by Crippen LogP contribution is 2.41. The molecule has 6 heteroatoms. The van der Waals surface area contributed by atoms with Crippen LogP contribution in [0.2, 0.25) is 0 Å². The van der Waals surface area contributed by atoms with Crippen molar-refractivity contribution in [3.8, 4) is 5.69 Å². The van der Waals surface area contributed by atoms with Crippen molar-refractivity contribution in [2.75, 3.05) is 0 Å². The lowest BCUT2D eigenvalue weighted by molar-refractivity contribution is -0.137. The second-order valence-electron chi connectivity index (χ2n) is 8.07. The summed E-state index contributed by atoms with van der Waals surface area (Å²) in [5.74, 6) is 0. The van der Waals surface area contributed by atoms with Crippen LogP contribution in [0, 0.1) is 0 Å². The van der Waals surface area contributed by atoms with E-state index in [0.717, 1.165) is 43.1 Å². The van der Waals surface area contributed by atoms with E-state index < -0.39 is 11.7 Å². The third-order valence-corrected chi connectivity index (χ3v) is 7.61. The summed E-state index contributed by atoms with van der Waals surface area (Å²) in [6.45, 7) is -0.0785. The minimum Gasteiger partial charge on any atom is -0.310 e. The molecule has 0 aliphatic carbocycles. The Balaban J connectivity index is 1.73. The van der Waals surface area contributed by atoms with Crippen LogP contribution in [-0.2, 0) is 6.18 Å². The number of hydrogen-bond acceptors (Lipinski definition) is 1. The Morgan fingerprint density at radius 3 is 2.35 bits per heavy atom. The highest BCUT2D eigenvalue weighted by molar-refractivity contribution is 8.00. The number of benzene rings is 4. The van der Waals surface area contributed by atoms with E-state index in [2.05, 4.69) is 30.3 Å². The van der Waals surface area contributed by atoms with E-state index in [-0.39, 0.29) is 6.71 Å². The Morgan fingerprint density at radius 2 is 1.48 bits per heavy atom. The number of rotatable bonds is 0. The molecule has 2 aliphatic rings. The number of hydrogen-bond donors (Lipinski definition) is 0. The van der Waals surface area contributed by atoms with Gasteiger partial charge in [-0.15, -0.1) is 0 Å². The quantitative estimate of drug-likeness (QED) is 0.305. The maximum absolute atomic E-state index is 13.9. The fourth-order valence-electron chi connectivity index (χ4n) is 5.27. The molecule has 0 spiro atoms. The van der Waals surface area contributed by atoms with Gasteiger partial charge in [-0.25, -0.2) is 0 Å². The highest BCUT2D eigenvalue weighted by Gasteiger charge is 2.41. The van der Waals surface area contributed by atoms with Gasteiger partial charge in [-0.2, -0.15) is 13.2 Å². The molecule has 0 saturated carbocycles. The van der Waals surface area contributed by atoms with Crippen molar-refractivity contribution in [1.82, 2.24) is 4.57 Å². The summed E-state index contributed by atoms with van der Waals surface area (Å²) in [5, 5.41) is 2.14. The lowest BCUT2D eigenvalue weighted by Crippen LogP contribution is -2.58. The van der Waals surface area contributed by atoms with E-state index in [4.69, 9.17) is 0 Å². The van der Waals surface area contributed by atoms with Gasteiger partial charge >= 0.3 is 6.18 Å². The van der Waals surface area contributed by atoms with Gasteiger partial charge in [0.1, 0.15) is 0 Å². The lowest BCUT2D eigenvalue weighted by atomic mass is 9.35. The normalized spacial score (nSPS) is 14.1. The molecule has 3 heterocycles. The molecule has 0 radical (unpaired) electrons. The Hall–Kier alpha value is -3.12. The highest BCUT2D eigenvalue weighted by atomic mass is 32.2. The number of nitrogens with zero attached hydrogens (tertiary/aromatic N) is 1. The third-order valence-electron chi connectivity index (χ3n) is 6.46. The first-order valence-corrected chi connectivity index (χ1v) is 10.9. The maximum Gasteiger partial charge on any atom is 0.416 e. The van der Waals surface area contributed by atoms with Gasteiger partial charge in [0.05, 0.1) is 11.1 Å². The van der Waals surface area contributed by atoms with Gasteiger partial charge in [0, 0.05) is 31.8 Å². The van der Waals surface area contributed by atoms with Crippen molar-refractivity contribution in [1.29, 1.82) is 0 Å². The summed E-state index contributed by atoms with van der Waals surface area (Å²) in [6, 6.07) is 25.0. The Labute approximate surface area is 180 Å². The Kier molecular flexibility index (Phi) is 3.27. The topological polar surface area (TPSA) is 4.93 Å². The molecule has 0 N–H and O–H groups in total. The van der Waals surface area contributed by atoms with Gasteiger partial charge in [0.2, 0.25) is 6.71 Å². The van der Waals surface area contributed by atoms with Gasteiger partial charge in [-0.05, 0) is 35.2 Å². The molecule has 0 atom stereocenters. The zero-order valence-corrected chi connectivity index (χ0v) is 16.9. The molecule has 148 valence electrons. The first-order chi connectivity index (χ1) is 15.0. The van der Waals surface area contributed by atoms with E-state index in [1.807, 2.05) is 41.0 Å². The largest absolute Gasteiger partial charge is 0.416 e. The van der Waals surface area contributed by atoms with Crippen LogP contribution in [0.15, 0.2) is 88.7 Å². The molecular weight excluding hydrogens is 414 g/mol. The van der Waals surface area contributed by atoms with Crippen molar-refractivity contribution in [3.05, 3.63) is 84.4 Å². The van der Waals surface area contributed by atoms with Gasteiger partial charge in [-0.3, -0.25) is 0 Å². The van der Waals surface area contributed by atoms with Crippen molar-refractivity contribution < 1.29 is 13.2 Å². The summed E-state index contributed by atoms with van der Waals surface area (Å²) in [5.41, 5.74) is 5.26. The molecule has 1 nitrogen and oxygen atoms in total. The second-order valence-corrected chi connectivity index (χ2v) is 9.16. The van der Waals surface area contributed by atoms with E-state index in [9.17, 15) is 13.2 Å². The smallest absolute Gasteiger partial charge is 0.310 e. The molecule has 7 rings (SSSR count). The number of alkyl halides is 3. The molecule has 0 unspecified atom stereocenters. The van der Waals surface area contributed by atoms with Crippen LogP contribution in [-0.4, -0.2) is 11.3 Å². The van der Waals surface area contributed by atoms with E-state index >= 15 is 0 Å². The number of para-hydroxylation sites is 2. The van der Waals surface area contributed by atoms with Crippen LogP contribution in [0.4, 0.5) is 13.2 Å². The fourth-order valence-corrected chi connectivity index (χ4v) is 6.48. The number of fused-ring (bicyclic) bond motifs is 7. The maximum atomic E-state index is 13.9. The molecule has 31 heavy (non-hydrogen) atoms.